The zero-order valence-corrected chi connectivity index (χ0v) is 10.4. The number of benzene rings is 1. The first-order valence-electron chi connectivity index (χ1n) is 5.76. The van der Waals surface area contributed by atoms with Crippen molar-refractivity contribution >= 4 is 16.8 Å². The van der Waals surface area contributed by atoms with Gasteiger partial charge in [-0.3, -0.25) is 4.79 Å². The SMILES string of the molecule is CC(C)COc1cc2nnccc2cc1C(N)=O. The van der Waals surface area contributed by atoms with Crippen molar-refractivity contribution < 1.29 is 9.53 Å². The third kappa shape index (κ3) is 2.56. The molecule has 5 nitrogen and oxygen atoms in total. The molecule has 0 bridgehead atoms. The van der Waals surface area contributed by atoms with Crippen molar-refractivity contribution in [2.45, 2.75) is 13.8 Å². The number of nitrogens with zero attached hydrogens (tertiary/aromatic N) is 2. The number of fused-ring (bicyclic) bond motifs is 1. The van der Waals surface area contributed by atoms with Gasteiger partial charge in [-0.15, -0.1) is 0 Å². The summed E-state index contributed by atoms with van der Waals surface area (Å²) in [6, 6.07) is 5.16. The minimum absolute atomic E-state index is 0.364. The van der Waals surface area contributed by atoms with Crippen LogP contribution >= 0.6 is 0 Å². The Balaban J connectivity index is 2.47. The Bertz CT molecular complexity index is 581. The van der Waals surface area contributed by atoms with E-state index < -0.39 is 5.91 Å². The largest absolute Gasteiger partial charge is 0.492 e. The smallest absolute Gasteiger partial charge is 0.252 e. The van der Waals surface area contributed by atoms with Crippen LogP contribution in [0.5, 0.6) is 5.75 Å². The molecule has 18 heavy (non-hydrogen) atoms. The summed E-state index contributed by atoms with van der Waals surface area (Å²) in [6.45, 7) is 4.58. The lowest BCUT2D eigenvalue weighted by molar-refractivity contribution is 0.0995. The first kappa shape index (κ1) is 12.3. The van der Waals surface area contributed by atoms with Gasteiger partial charge in [0.15, 0.2) is 0 Å². The summed E-state index contributed by atoms with van der Waals surface area (Å²) in [4.78, 5) is 11.4. The minimum atomic E-state index is -0.507. The van der Waals surface area contributed by atoms with Gasteiger partial charge in [-0.2, -0.15) is 10.2 Å². The molecule has 0 unspecified atom stereocenters. The standard InChI is InChI=1S/C13H15N3O2/c1-8(2)7-18-12-6-11-9(3-4-15-16-11)5-10(12)13(14)17/h3-6,8H,7H2,1-2H3,(H2,14,17). The summed E-state index contributed by atoms with van der Waals surface area (Å²) in [5.41, 5.74) is 6.41. The molecule has 2 rings (SSSR count). The Morgan fingerprint density at radius 3 is 2.89 bits per heavy atom. The van der Waals surface area contributed by atoms with E-state index in [4.69, 9.17) is 10.5 Å². The third-order valence-electron chi connectivity index (χ3n) is 2.45. The molecule has 0 spiro atoms. The van der Waals surface area contributed by atoms with E-state index in [-0.39, 0.29) is 0 Å². The van der Waals surface area contributed by atoms with Crippen LogP contribution in [-0.2, 0) is 0 Å². The van der Waals surface area contributed by atoms with Crippen LogP contribution in [0.3, 0.4) is 0 Å². The Morgan fingerprint density at radius 2 is 2.22 bits per heavy atom. The van der Waals surface area contributed by atoms with Crippen LogP contribution in [0.25, 0.3) is 10.9 Å². The zero-order chi connectivity index (χ0) is 13.1. The number of hydrogen-bond donors (Lipinski definition) is 1. The van der Waals surface area contributed by atoms with Crippen molar-refractivity contribution in [1.82, 2.24) is 10.2 Å². The van der Waals surface area contributed by atoms with Gasteiger partial charge in [0.05, 0.1) is 23.9 Å². The second-order valence-corrected chi connectivity index (χ2v) is 4.51. The molecule has 0 aliphatic heterocycles. The van der Waals surface area contributed by atoms with E-state index in [1.165, 1.54) is 0 Å². The Kier molecular flexibility index (Phi) is 3.41. The minimum Gasteiger partial charge on any atom is -0.492 e. The summed E-state index contributed by atoms with van der Waals surface area (Å²) in [5.74, 6) is 0.319. The Labute approximate surface area is 105 Å². The number of nitrogens with two attached hydrogens (primary N) is 1. The van der Waals surface area contributed by atoms with Crippen LogP contribution in [0.2, 0.25) is 0 Å². The number of primary amides is 1. The number of carbonyl (C=O) groups excluding carboxylic acids is 1. The van der Waals surface area contributed by atoms with E-state index in [2.05, 4.69) is 10.2 Å². The van der Waals surface area contributed by atoms with Gasteiger partial charge in [-0.1, -0.05) is 13.8 Å². The van der Waals surface area contributed by atoms with Crippen LogP contribution in [0.15, 0.2) is 24.4 Å². The molecule has 0 aliphatic rings. The van der Waals surface area contributed by atoms with Crippen LogP contribution in [0.4, 0.5) is 0 Å². The van der Waals surface area contributed by atoms with Crippen LogP contribution in [-0.4, -0.2) is 22.7 Å². The normalized spacial score (nSPS) is 10.8. The molecule has 1 aromatic carbocycles. The number of carbonyl (C=O) groups is 1. The Morgan fingerprint density at radius 1 is 1.44 bits per heavy atom. The molecule has 0 saturated heterocycles. The molecule has 0 atom stereocenters. The number of ether oxygens (including phenoxy) is 1. The van der Waals surface area contributed by atoms with Gasteiger partial charge in [-0.25, -0.2) is 0 Å². The quantitative estimate of drug-likeness (QED) is 0.890. The van der Waals surface area contributed by atoms with Crippen molar-refractivity contribution in [3.8, 4) is 5.75 Å². The molecule has 2 N–H and O–H groups in total. The van der Waals surface area contributed by atoms with E-state index in [0.29, 0.717) is 29.4 Å². The highest BCUT2D eigenvalue weighted by molar-refractivity contribution is 5.99. The summed E-state index contributed by atoms with van der Waals surface area (Å²) in [7, 11) is 0. The molecular weight excluding hydrogens is 230 g/mol. The lowest BCUT2D eigenvalue weighted by atomic mass is 10.1. The number of aromatic nitrogens is 2. The predicted molar refractivity (Wildman–Crippen MR) is 68.4 cm³/mol. The molecule has 1 heterocycles. The third-order valence-corrected chi connectivity index (χ3v) is 2.45. The molecule has 0 aliphatic carbocycles. The highest BCUT2D eigenvalue weighted by Gasteiger charge is 2.12. The number of hydrogen-bond acceptors (Lipinski definition) is 4. The van der Waals surface area contributed by atoms with E-state index in [9.17, 15) is 4.79 Å². The van der Waals surface area contributed by atoms with Crippen molar-refractivity contribution in [2.75, 3.05) is 6.61 Å². The van der Waals surface area contributed by atoms with Crippen molar-refractivity contribution in [3.05, 3.63) is 30.0 Å². The van der Waals surface area contributed by atoms with Crippen molar-refractivity contribution in [3.63, 3.8) is 0 Å². The average Bonchev–Trinajstić information content (AvgIpc) is 2.35. The van der Waals surface area contributed by atoms with E-state index in [1.807, 2.05) is 13.8 Å². The van der Waals surface area contributed by atoms with Gasteiger partial charge in [0.25, 0.3) is 5.91 Å². The average molecular weight is 245 g/mol. The highest BCUT2D eigenvalue weighted by atomic mass is 16.5. The summed E-state index contributed by atoms with van der Waals surface area (Å²) >= 11 is 0. The number of amides is 1. The number of rotatable bonds is 4. The maximum Gasteiger partial charge on any atom is 0.252 e. The second-order valence-electron chi connectivity index (χ2n) is 4.51. The summed E-state index contributed by atoms with van der Waals surface area (Å²) in [6.07, 6.45) is 1.57. The molecule has 0 fully saturated rings. The highest BCUT2D eigenvalue weighted by Crippen LogP contribution is 2.24. The van der Waals surface area contributed by atoms with Gasteiger partial charge in [-0.05, 0) is 18.1 Å². The van der Waals surface area contributed by atoms with E-state index >= 15 is 0 Å². The van der Waals surface area contributed by atoms with Gasteiger partial charge in [0, 0.05) is 11.5 Å². The molecule has 1 amide bonds. The maximum absolute atomic E-state index is 11.4. The van der Waals surface area contributed by atoms with E-state index in [0.717, 1.165) is 5.39 Å². The second kappa shape index (κ2) is 5.00. The summed E-state index contributed by atoms with van der Waals surface area (Å²) in [5, 5.41) is 8.60. The van der Waals surface area contributed by atoms with Gasteiger partial charge < -0.3 is 10.5 Å². The van der Waals surface area contributed by atoms with E-state index in [1.54, 1.807) is 24.4 Å². The lowest BCUT2D eigenvalue weighted by Crippen LogP contribution is -2.14. The molecule has 2 aromatic rings. The fourth-order valence-electron chi connectivity index (χ4n) is 1.58. The lowest BCUT2D eigenvalue weighted by Gasteiger charge is -2.12. The first-order chi connectivity index (χ1) is 8.58. The summed E-state index contributed by atoms with van der Waals surface area (Å²) < 4.78 is 5.60. The fraction of sp³-hybridized carbons (Fsp3) is 0.308. The van der Waals surface area contributed by atoms with Gasteiger partial charge in [0.1, 0.15) is 5.75 Å². The van der Waals surface area contributed by atoms with Crippen LogP contribution in [0.1, 0.15) is 24.2 Å². The molecule has 5 heteroatoms. The zero-order valence-electron chi connectivity index (χ0n) is 10.4. The van der Waals surface area contributed by atoms with Crippen LogP contribution in [0, 0.1) is 5.92 Å². The Hall–Kier alpha value is -2.17. The fourth-order valence-corrected chi connectivity index (χ4v) is 1.58. The topological polar surface area (TPSA) is 78.1 Å². The van der Waals surface area contributed by atoms with Crippen molar-refractivity contribution in [2.24, 2.45) is 11.7 Å². The molecule has 94 valence electrons. The molecule has 1 aromatic heterocycles. The monoisotopic (exact) mass is 245 g/mol. The van der Waals surface area contributed by atoms with Crippen LogP contribution < -0.4 is 10.5 Å². The van der Waals surface area contributed by atoms with Gasteiger partial charge in [0.2, 0.25) is 0 Å². The van der Waals surface area contributed by atoms with Gasteiger partial charge >= 0.3 is 0 Å². The maximum atomic E-state index is 11.4. The first-order valence-corrected chi connectivity index (χ1v) is 5.76. The molecule has 0 radical (unpaired) electrons. The van der Waals surface area contributed by atoms with Crippen molar-refractivity contribution in [1.29, 1.82) is 0 Å². The predicted octanol–water partition coefficient (Wildman–Crippen LogP) is 1.76. The molecular formula is C13H15N3O2. The molecule has 0 saturated carbocycles.